The maximum atomic E-state index is 14.7. The molecule has 1 aromatic carbocycles. The van der Waals surface area contributed by atoms with Gasteiger partial charge in [-0.3, -0.25) is 4.90 Å². The van der Waals surface area contributed by atoms with E-state index in [2.05, 4.69) is 15.4 Å². The molecule has 0 radical (unpaired) electrons. The first-order valence-corrected chi connectivity index (χ1v) is 10.1. The Morgan fingerprint density at radius 2 is 2.00 bits per heavy atom. The van der Waals surface area contributed by atoms with E-state index in [9.17, 15) is 13.6 Å². The van der Waals surface area contributed by atoms with E-state index in [4.69, 9.17) is 4.74 Å². The van der Waals surface area contributed by atoms with E-state index in [1.807, 2.05) is 6.92 Å². The fourth-order valence-corrected chi connectivity index (χ4v) is 4.91. The number of hydrogen-bond acceptors (Lipinski definition) is 6. The van der Waals surface area contributed by atoms with Crippen LogP contribution in [0, 0.1) is 11.6 Å². The predicted octanol–water partition coefficient (Wildman–Crippen LogP) is 4.50. The fourth-order valence-electron chi connectivity index (χ4n) is 3.80. The number of ether oxygens (including phenoxy) is 1. The molecule has 3 aliphatic rings. The van der Waals surface area contributed by atoms with Gasteiger partial charge in [-0.25, -0.2) is 13.6 Å². The highest BCUT2D eigenvalue weighted by molar-refractivity contribution is 7.99. The zero-order valence-electron chi connectivity index (χ0n) is 14.9. The highest BCUT2D eigenvalue weighted by Crippen LogP contribution is 2.37. The topological polar surface area (TPSA) is 66.6 Å². The van der Waals surface area contributed by atoms with Gasteiger partial charge in [-0.2, -0.15) is 16.9 Å². The highest BCUT2D eigenvalue weighted by atomic mass is 32.2. The van der Waals surface area contributed by atoms with Crippen LogP contribution in [-0.4, -0.2) is 42.0 Å². The van der Waals surface area contributed by atoms with Crippen molar-refractivity contribution in [3.8, 4) is 0 Å². The molecule has 2 fully saturated rings. The first-order chi connectivity index (χ1) is 13.0. The Morgan fingerprint density at radius 1 is 1.30 bits per heavy atom. The van der Waals surface area contributed by atoms with Crippen molar-refractivity contribution in [2.45, 2.75) is 43.7 Å². The summed E-state index contributed by atoms with van der Waals surface area (Å²) in [6.07, 6.45) is 2.47. The van der Waals surface area contributed by atoms with Crippen molar-refractivity contribution in [1.29, 1.82) is 0 Å². The van der Waals surface area contributed by atoms with Gasteiger partial charge < -0.3 is 4.74 Å². The SMILES string of the molecule is CC1(C[C@@H]2CN(c3cc(F)c(C4CCSCC4)c(F)c3)C(=O)O2)C=NN=N1. The van der Waals surface area contributed by atoms with E-state index in [1.54, 1.807) is 18.0 Å². The van der Waals surface area contributed by atoms with Gasteiger partial charge in [0.05, 0.1) is 18.4 Å². The molecule has 6 nitrogen and oxygen atoms in total. The zero-order valence-corrected chi connectivity index (χ0v) is 15.7. The summed E-state index contributed by atoms with van der Waals surface area (Å²) in [4.78, 5) is 13.5. The Balaban J connectivity index is 1.52. The summed E-state index contributed by atoms with van der Waals surface area (Å²) in [5, 5.41) is 11.3. The Bertz CT molecular complexity index is 776. The number of carbonyl (C=O) groups is 1. The van der Waals surface area contributed by atoms with Gasteiger partial charge in [-0.1, -0.05) is 0 Å². The smallest absolute Gasteiger partial charge is 0.414 e. The second-order valence-corrected chi connectivity index (χ2v) is 8.55. The molecule has 1 unspecified atom stereocenters. The van der Waals surface area contributed by atoms with Crippen molar-refractivity contribution in [2.75, 3.05) is 23.0 Å². The predicted molar refractivity (Wildman–Crippen MR) is 99.6 cm³/mol. The summed E-state index contributed by atoms with van der Waals surface area (Å²) in [6.45, 7) is 2.04. The number of cyclic esters (lactones) is 1. The van der Waals surface area contributed by atoms with Crippen LogP contribution in [0.1, 0.15) is 37.7 Å². The van der Waals surface area contributed by atoms with Crippen LogP contribution in [0.15, 0.2) is 27.6 Å². The number of carbonyl (C=O) groups excluding carboxylic acids is 1. The molecule has 0 bridgehead atoms. The van der Waals surface area contributed by atoms with E-state index in [1.165, 1.54) is 17.0 Å². The number of nitrogens with zero attached hydrogens (tertiary/aromatic N) is 4. The largest absolute Gasteiger partial charge is 0.444 e. The van der Waals surface area contributed by atoms with Crippen molar-refractivity contribution >= 4 is 29.8 Å². The Kier molecular flexibility index (Phi) is 4.88. The number of halogens is 2. The van der Waals surface area contributed by atoms with Gasteiger partial charge >= 0.3 is 6.09 Å². The second-order valence-electron chi connectivity index (χ2n) is 7.32. The summed E-state index contributed by atoms with van der Waals surface area (Å²) in [7, 11) is 0. The lowest BCUT2D eigenvalue weighted by Crippen LogP contribution is -2.31. The van der Waals surface area contributed by atoms with Crippen molar-refractivity contribution in [3.05, 3.63) is 29.3 Å². The first kappa shape index (κ1) is 18.3. The number of hydrogen-bond donors (Lipinski definition) is 0. The van der Waals surface area contributed by atoms with Gasteiger partial charge in [-0.15, -0.1) is 5.10 Å². The first-order valence-electron chi connectivity index (χ1n) is 8.96. The molecular formula is C18H20F2N4O2S. The molecule has 0 N–H and O–H groups in total. The average molecular weight is 394 g/mol. The van der Waals surface area contributed by atoms with Crippen molar-refractivity contribution in [2.24, 2.45) is 15.4 Å². The van der Waals surface area contributed by atoms with Gasteiger partial charge in [-0.05, 0) is 54.5 Å². The second kappa shape index (κ2) is 7.18. The van der Waals surface area contributed by atoms with Crippen molar-refractivity contribution < 1.29 is 18.3 Å². The molecule has 2 saturated heterocycles. The summed E-state index contributed by atoms with van der Waals surface area (Å²) >= 11 is 1.80. The van der Waals surface area contributed by atoms with Gasteiger partial charge in [0.1, 0.15) is 23.3 Å². The van der Waals surface area contributed by atoms with Crippen molar-refractivity contribution in [3.63, 3.8) is 0 Å². The van der Waals surface area contributed by atoms with Crippen LogP contribution in [0.2, 0.25) is 0 Å². The van der Waals surface area contributed by atoms with Crippen LogP contribution in [-0.2, 0) is 4.74 Å². The van der Waals surface area contributed by atoms with Crippen LogP contribution in [0.4, 0.5) is 19.3 Å². The molecule has 0 saturated carbocycles. The molecule has 27 heavy (non-hydrogen) atoms. The maximum absolute atomic E-state index is 14.7. The van der Waals surface area contributed by atoms with Crippen LogP contribution < -0.4 is 4.90 Å². The molecule has 9 heteroatoms. The van der Waals surface area contributed by atoms with Crippen LogP contribution in [0.3, 0.4) is 0 Å². The third-order valence-electron chi connectivity index (χ3n) is 5.18. The van der Waals surface area contributed by atoms with E-state index >= 15 is 0 Å². The number of thioether (sulfide) groups is 1. The number of anilines is 1. The molecule has 4 rings (SSSR count). The van der Waals surface area contributed by atoms with Crippen LogP contribution in [0.5, 0.6) is 0 Å². The average Bonchev–Trinajstić information content (AvgIpc) is 3.21. The van der Waals surface area contributed by atoms with Gasteiger partial charge in [0.15, 0.2) is 0 Å². The third kappa shape index (κ3) is 3.69. The summed E-state index contributed by atoms with van der Waals surface area (Å²) in [5.41, 5.74) is -0.308. The van der Waals surface area contributed by atoms with E-state index < -0.39 is 29.4 Å². The minimum Gasteiger partial charge on any atom is -0.444 e. The molecule has 3 heterocycles. The molecule has 3 aliphatic heterocycles. The lowest BCUT2D eigenvalue weighted by atomic mass is 9.92. The molecule has 0 spiro atoms. The van der Waals surface area contributed by atoms with Crippen molar-refractivity contribution in [1.82, 2.24) is 0 Å². The van der Waals surface area contributed by atoms with Gasteiger partial charge in [0, 0.05) is 12.0 Å². The lowest BCUT2D eigenvalue weighted by molar-refractivity contribution is 0.130. The number of benzene rings is 1. The Hall–Kier alpha value is -2.03. The molecule has 1 amide bonds. The van der Waals surface area contributed by atoms with E-state index in [0.29, 0.717) is 6.42 Å². The minimum atomic E-state index is -0.625. The minimum absolute atomic E-state index is 0.106. The van der Waals surface area contributed by atoms with E-state index in [-0.39, 0.29) is 23.7 Å². The van der Waals surface area contributed by atoms with Crippen LogP contribution >= 0.6 is 11.8 Å². The fraction of sp³-hybridized carbons (Fsp3) is 0.556. The molecule has 144 valence electrons. The summed E-state index contributed by atoms with van der Waals surface area (Å²) in [5.74, 6) is 0.518. The molecule has 1 aromatic rings. The molecular weight excluding hydrogens is 374 g/mol. The Labute approximate surface area is 160 Å². The normalized spacial score (nSPS) is 28.2. The number of amides is 1. The van der Waals surface area contributed by atoms with E-state index in [0.717, 1.165) is 24.3 Å². The molecule has 2 atom stereocenters. The summed E-state index contributed by atoms with van der Waals surface area (Å²) in [6, 6.07) is 2.48. The maximum Gasteiger partial charge on any atom is 0.414 e. The van der Waals surface area contributed by atoms with Gasteiger partial charge in [0.25, 0.3) is 0 Å². The monoisotopic (exact) mass is 394 g/mol. The Morgan fingerprint density at radius 3 is 2.63 bits per heavy atom. The quantitative estimate of drug-likeness (QED) is 0.755. The molecule has 0 aliphatic carbocycles. The summed E-state index contributed by atoms with van der Waals surface area (Å²) < 4.78 is 34.7. The third-order valence-corrected chi connectivity index (χ3v) is 6.23. The highest BCUT2D eigenvalue weighted by Gasteiger charge is 2.39. The number of rotatable bonds is 4. The molecule has 0 aromatic heterocycles. The van der Waals surface area contributed by atoms with Gasteiger partial charge in [0.2, 0.25) is 0 Å². The standard InChI is InChI=1S/C18H20F2N4O2S/c1-18(10-21-23-22-18)8-13-9-24(17(25)26-13)12-6-14(19)16(15(20)7-12)11-2-4-27-5-3-11/h6-7,10-11,13H,2-5,8-9H2,1H3/t13-,18?/m1/s1. The van der Waals surface area contributed by atoms with Crippen LogP contribution in [0.25, 0.3) is 0 Å². The zero-order chi connectivity index (χ0) is 19.0. The lowest BCUT2D eigenvalue weighted by Gasteiger charge is -2.24.